The molecule has 0 atom stereocenters. The average Bonchev–Trinajstić information content (AvgIpc) is 2.77. The lowest BCUT2D eigenvalue weighted by molar-refractivity contribution is -0.116. The monoisotopic (exact) mass is 468 g/mol. The average molecular weight is 468 g/mol. The van der Waals surface area contributed by atoms with Gasteiger partial charge in [0.15, 0.2) is 0 Å². The fourth-order valence-corrected chi connectivity index (χ4v) is 3.97. The highest BCUT2D eigenvalue weighted by Crippen LogP contribution is 2.27. The van der Waals surface area contributed by atoms with Crippen molar-refractivity contribution in [1.29, 1.82) is 0 Å². The van der Waals surface area contributed by atoms with Crippen molar-refractivity contribution >= 4 is 33.6 Å². The van der Waals surface area contributed by atoms with Crippen LogP contribution in [0.2, 0.25) is 0 Å². The van der Waals surface area contributed by atoms with Gasteiger partial charge in [-0.3, -0.25) is 4.79 Å². The van der Waals surface area contributed by atoms with Crippen LogP contribution in [0.4, 0.5) is 10.1 Å². The van der Waals surface area contributed by atoms with E-state index in [-0.39, 0.29) is 22.6 Å². The van der Waals surface area contributed by atoms with E-state index in [1.165, 1.54) is 25.3 Å². The summed E-state index contributed by atoms with van der Waals surface area (Å²) >= 11 is 0. The number of amides is 1. The maximum Gasteiger partial charge on any atom is 0.337 e. The van der Waals surface area contributed by atoms with Gasteiger partial charge in [0.25, 0.3) is 0 Å². The van der Waals surface area contributed by atoms with Crippen LogP contribution in [0.3, 0.4) is 0 Å². The summed E-state index contributed by atoms with van der Waals surface area (Å²) in [5, 5.41) is 2.41. The number of benzene rings is 2. The molecule has 0 spiro atoms. The highest BCUT2D eigenvalue weighted by Gasteiger charge is 2.27. The van der Waals surface area contributed by atoms with Crippen LogP contribution >= 0.6 is 0 Å². The van der Waals surface area contributed by atoms with Crippen LogP contribution in [-0.2, 0) is 24.3 Å². The van der Waals surface area contributed by atoms with Crippen LogP contribution in [0.5, 0.6) is 5.75 Å². The molecule has 0 unspecified atom stereocenters. The van der Waals surface area contributed by atoms with Crippen molar-refractivity contribution in [2.75, 3.05) is 40.2 Å². The number of hydrogen-bond donors (Lipinski definition) is 1. The molecule has 0 aromatic heterocycles. The predicted octanol–water partition coefficient (Wildman–Crippen LogP) is 1.67. The summed E-state index contributed by atoms with van der Waals surface area (Å²) in [6.45, 7) is -0.655. The summed E-state index contributed by atoms with van der Waals surface area (Å²) in [6.07, 6.45) is 0. The number of ether oxygens (including phenoxy) is 3. The Morgan fingerprint density at radius 3 is 2.03 bits per heavy atom. The van der Waals surface area contributed by atoms with Crippen LogP contribution in [0.1, 0.15) is 20.7 Å². The van der Waals surface area contributed by atoms with Gasteiger partial charge >= 0.3 is 11.9 Å². The number of sulfonamides is 1. The zero-order valence-electron chi connectivity index (χ0n) is 17.7. The van der Waals surface area contributed by atoms with Gasteiger partial charge in [-0.25, -0.2) is 22.4 Å². The highest BCUT2D eigenvalue weighted by molar-refractivity contribution is 7.89. The Morgan fingerprint density at radius 1 is 0.969 bits per heavy atom. The van der Waals surface area contributed by atoms with E-state index < -0.39 is 45.1 Å². The van der Waals surface area contributed by atoms with Gasteiger partial charge in [-0.1, -0.05) is 0 Å². The summed E-state index contributed by atoms with van der Waals surface area (Å²) < 4.78 is 54.1. The third-order valence-corrected chi connectivity index (χ3v) is 6.06. The SMILES string of the molecule is COC(=O)c1cc(NC(=O)CN(C)S(=O)(=O)c2cc(F)ccc2OC)cc(C(=O)OC)c1. The number of hydrogen-bond acceptors (Lipinski definition) is 8. The molecule has 0 aliphatic carbocycles. The molecule has 10 nitrogen and oxygen atoms in total. The summed E-state index contributed by atoms with van der Waals surface area (Å²) in [5.41, 5.74) is -0.0280. The van der Waals surface area contributed by atoms with Gasteiger partial charge in [-0.2, -0.15) is 4.31 Å². The fourth-order valence-electron chi connectivity index (χ4n) is 2.68. The van der Waals surface area contributed by atoms with Crippen molar-refractivity contribution < 1.29 is 41.4 Å². The van der Waals surface area contributed by atoms with Crippen molar-refractivity contribution in [3.8, 4) is 5.75 Å². The second kappa shape index (κ2) is 10.2. The number of nitrogens with one attached hydrogen (secondary N) is 1. The van der Waals surface area contributed by atoms with Crippen molar-refractivity contribution in [2.24, 2.45) is 0 Å². The van der Waals surface area contributed by atoms with Crippen LogP contribution in [-0.4, -0.2) is 65.5 Å². The quantitative estimate of drug-likeness (QED) is 0.580. The molecule has 1 amide bonds. The number of esters is 2. The Morgan fingerprint density at radius 2 is 1.53 bits per heavy atom. The van der Waals surface area contributed by atoms with E-state index in [9.17, 15) is 27.2 Å². The Balaban J connectivity index is 2.27. The molecule has 1 N–H and O–H groups in total. The minimum absolute atomic E-state index is 0.0313. The van der Waals surface area contributed by atoms with Gasteiger partial charge in [0.2, 0.25) is 15.9 Å². The number of anilines is 1. The molecular weight excluding hydrogens is 447 g/mol. The Kier molecular flexibility index (Phi) is 7.89. The first-order chi connectivity index (χ1) is 15.0. The minimum Gasteiger partial charge on any atom is -0.495 e. The fraction of sp³-hybridized carbons (Fsp3) is 0.250. The van der Waals surface area contributed by atoms with Crippen molar-refractivity contribution in [3.05, 3.63) is 53.3 Å². The molecule has 0 aliphatic heterocycles. The first-order valence-corrected chi connectivity index (χ1v) is 10.4. The number of likely N-dealkylation sites (N-methyl/N-ethyl adjacent to an activating group) is 1. The normalized spacial score (nSPS) is 11.1. The van der Waals surface area contributed by atoms with Gasteiger partial charge in [-0.05, 0) is 36.4 Å². The minimum atomic E-state index is -4.28. The van der Waals surface area contributed by atoms with Gasteiger partial charge in [0.05, 0.1) is 39.0 Å². The van der Waals surface area contributed by atoms with Gasteiger partial charge < -0.3 is 19.5 Å². The van der Waals surface area contributed by atoms with Crippen LogP contribution in [0, 0.1) is 5.82 Å². The molecular formula is C20H21FN2O8S. The Bertz CT molecular complexity index is 1120. The van der Waals surface area contributed by atoms with E-state index in [0.717, 1.165) is 39.5 Å². The highest BCUT2D eigenvalue weighted by atomic mass is 32.2. The zero-order valence-corrected chi connectivity index (χ0v) is 18.5. The van der Waals surface area contributed by atoms with E-state index in [2.05, 4.69) is 14.8 Å². The van der Waals surface area contributed by atoms with E-state index in [1.807, 2.05) is 0 Å². The molecule has 2 aromatic rings. The molecule has 12 heteroatoms. The van der Waals surface area contributed by atoms with E-state index in [0.29, 0.717) is 4.31 Å². The predicted molar refractivity (Wildman–Crippen MR) is 111 cm³/mol. The number of rotatable bonds is 8. The number of halogens is 1. The lowest BCUT2D eigenvalue weighted by Crippen LogP contribution is -2.35. The molecule has 0 radical (unpaired) electrons. The molecule has 2 rings (SSSR count). The lowest BCUT2D eigenvalue weighted by atomic mass is 10.1. The second-order valence-electron chi connectivity index (χ2n) is 6.39. The van der Waals surface area contributed by atoms with Crippen molar-refractivity contribution in [2.45, 2.75) is 4.90 Å². The molecule has 0 heterocycles. The standard InChI is InChI=1S/C20H21FN2O8S/c1-23(32(27,28)17-10-14(21)5-6-16(17)29-2)11-18(24)22-15-8-12(19(25)30-3)7-13(9-15)20(26)31-4/h5-10H,11H2,1-4H3,(H,22,24). The summed E-state index contributed by atoms with van der Waals surface area (Å²) in [5.74, 6) is -3.19. The van der Waals surface area contributed by atoms with E-state index in [1.54, 1.807) is 0 Å². The molecule has 0 fully saturated rings. The lowest BCUT2D eigenvalue weighted by Gasteiger charge is -2.19. The number of carbonyl (C=O) groups excluding carboxylic acids is 3. The Labute approximate surface area is 183 Å². The van der Waals surface area contributed by atoms with Crippen molar-refractivity contribution in [3.63, 3.8) is 0 Å². The largest absolute Gasteiger partial charge is 0.495 e. The molecule has 2 aromatic carbocycles. The molecule has 0 saturated carbocycles. The number of nitrogens with zero attached hydrogens (tertiary/aromatic N) is 1. The molecule has 0 saturated heterocycles. The zero-order chi connectivity index (χ0) is 24.1. The van der Waals surface area contributed by atoms with Gasteiger partial charge in [0.1, 0.15) is 16.5 Å². The summed E-state index contributed by atoms with van der Waals surface area (Å²) in [7, 11) is 0.363. The second-order valence-corrected chi connectivity index (χ2v) is 8.40. The first-order valence-electron chi connectivity index (χ1n) is 8.95. The van der Waals surface area contributed by atoms with Crippen molar-refractivity contribution in [1.82, 2.24) is 4.31 Å². The smallest absolute Gasteiger partial charge is 0.337 e. The topological polar surface area (TPSA) is 128 Å². The van der Waals surface area contributed by atoms with Crippen LogP contribution in [0.25, 0.3) is 0 Å². The van der Waals surface area contributed by atoms with Crippen LogP contribution in [0.15, 0.2) is 41.3 Å². The maximum atomic E-state index is 13.6. The number of carbonyl (C=O) groups is 3. The summed E-state index contributed by atoms with van der Waals surface area (Å²) in [4.78, 5) is 35.7. The third kappa shape index (κ3) is 5.59. The van der Waals surface area contributed by atoms with E-state index in [4.69, 9.17) is 4.74 Å². The molecule has 0 bridgehead atoms. The molecule has 172 valence electrons. The van der Waals surface area contributed by atoms with E-state index >= 15 is 0 Å². The summed E-state index contributed by atoms with van der Waals surface area (Å²) in [6, 6.07) is 6.70. The third-order valence-electron chi connectivity index (χ3n) is 4.24. The van der Waals surface area contributed by atoms with Gasteiger partial charge in [-0.15, -0.1) is 0 Å². The van der Waals surface area contributed by atoms with Crippen LogP contribution < -0.4 is 10.1 Å². The maximum absolute atomic E-state index is 13.6. The molecule has 0 aliphatic rings. The number of methoxy groups -OCH3 is 3. The first kappa shape index (κ1) is 24.8. The Hall–Kier alpha value is -3.51. The molecule has 32 heavy (non-hydrogen) atoms. The van der Waals surface area contributed by atoms with Gasteiger partial charge in [0, 0.05) is 12.7 Å².